The number of likely N-dealkylation sites (N-methyl/N-ethyl adjacent to an activating group) is 1. The summed E-state index contributed by atoms with van der Waals surface area (Å²) in [6.45, 7) is 0.0748. The number of hydrogen-bond acceptors (Lipinski definition) is 8. The molecule has 1 fully saturated rings. The highest BCUT2D eigenvalue weighted by atomic mass is 16.6. The number of amides is 2. The molecule has 3 aromatic carbocycles. The van der Waals surface area contributed by atoms with Gasteiger partial charge in [-0.25, -0.2) is 9.88 Å². The van der Waals surface area contributed by atoms with Crippen LogP contribution in [0.15, 0.2) is 87.8 Å². The van der Waals surface area contributed by atoms with Gasteiger partial charge in [-0.15, -0.1) is 0 Å². The van der Waals surface area contributed by atoms with E-state index in [9.17, 15) is 14.7 Å². The second-order valence-corrected chi connectivity index (χ2v) is 8.79. The molecule has 6 rings (SSSR count). The third-order valence-corrected chi connectivity index (χ3v) is 6.42. The summed E-state index contributed by atoms with van der Waals surface area (Å²) in [6, 6.07) is 22.7. The molecular formula is C27H21N5O5. The highest BCUT2D eigenvalue weighted by Gasteiger charge is 2.42. The zero-order valence-electron chi connectivity index (χ0n) is 19.8. The fourth-order valence-electron chi connectivity index (χ4n) is 4.50. The Hall–Kier alpha value is -4.83. The average molecular weight is 495 g/mol. The highest BCUT2D eigenvalue weighted by Crippen LogP contribution is 2.30. The van der Waals surface area contributed by atoms with Gasteiger partial charge in [0.05, 0.1) is 30.0 Å². The Morgan fingerprint density at radius 2 is 1.76 bits per heavy atom. The molecule has 37 heavy (non-hydrogen) atoms. The van der Waals surface area contributed by atoms with Gasteiger partial charge in [-0.05, 0) is 48.1 Å². The summed E-state index contributed by atoms with van der Waals surface area (Å²) in [5.74, 6) is -0.824. The van der Waals surface area contributed by atoms with Crippen LogP contribution in [0.1, 0.15) is 12.1 Å². The van der Waals surface area contributed by atoms with E-state index in [0.717, 1.165) is 11.1 Å². The van der Waals surface area contributed by atoms with Crippen molar-refractivity contribution >= 4 is 28.6 Å². The van der Waals surface area contributed by atoms with E-state index in [0.29, 0.717) is 22.8 Å². The van der Waals surface area contributed by atoms with E-state index < -0.39 is 12.0 Å². The lowest BCUT2D eigenvalue weighted by Crippen LogP contribution is -2.44. The topological polar surface area (TPSA) is 120 Å². The third-order valence-electron chi connectivity index (χ3n) is 6.42. The highest BCUT2D eigenvalue weighted by molar-refractivity contribution is 6.22. The standard InChI is InChI=1S/C27H21N5O5/c1-30(16-22-27(35)37-29-32(22)19-7-3-2-4-8-19)21-15-24(33)31(26(21)34)18-13-11-17(12-14-18)25-28-20-9-5-6-10-23(20)36-25/h2-14,21H,15-16H2,1H3. The zero-order chi connectivity index (χ0) is 25.5. The Labute approximate surface area is 210 Å². The third kappa shape index (κ3) is 4.03. The fraction of sp³-hybridized carbons (Fsp3) is 0.148. The van der Waals surface area contributed by atoms with Crippen LogP contribution < -0.4 is 14.7 Å². The van der Waals surface area contributed by atoms with Gasteiger partial charge < -0.3 is 14.0 Å². The lowest BCUT2D eigenvalue weighted by Gasteiger charge is -2.21. The van der Waals surface area contributed by atoms with E-state index in [1.165, 1.54) is 9.58 Å². The molecule has 0 saturated carbocycles. The first kappa shape index (κ1) is 22.6. The summed E-state index contributed by atoms with van der Waals surface area (Å²) in [4.78, 5) is 33.5. The van der Waals surface area contributed by atoms with E-state index in [1.54, 1.807) is 48.3 Å². The van der Waals surface area contributed by atoms with Gasteiger partial charge in [0.25, 0.3) is 11.6 Å². The first-order valence-corrected chi connectivity index (χ1v) is 11.7. The molecule has 1 aliphatic rings. The molecule has 0 aliphatic carbocycles. The van der Waals surface area contributed by atoms with Crippen molar-refractivity contribution in [2.75, 3.05) is 11.9 Å². The maximum absolute atomic E-state index is 13.3. The molecule has 2 amide bonds. The number of oxazole rings is 1. The number of imide groups is 1. The van der Waals surface area contributed by atoms with Crippen LogP contribution in [-0.4, -0.2) is 40.1 Å². The van der Waals surface area contributed by atoms with Crippen molar-refractivity contribution in [3.63, 3.8) is 0 Å². The van der Waals surface area contributed by atoms with Crippen LogP contribution in [0.25, 0.3) is 28.2 Å². The number of fused-ring (bicyclic) bond motifs is 1. The first-order chi connectivity index (χ1) is 18.0. The Morgan fingerprint density at radius 3 is 2.51 bits per heavy atom. The quantitative estimate of drug-likeness (QED) is 0.260. The van der Waals surface area contributed by atoms with Crippen molar-refractivity contribution in [2.45, 2.75) is 19.0 Å². The molecule has 1 atom stereocenters. The van der Waals surface area contributed by atoms with Crippen LogP contribution in [0.3, 0.4) is 0 Å². The largest absolute Gasteiger partial charge is 0.539 e. The minimum Gasteiger partial charge on any atom is -0.539 e. The van der Waals surface area contributed by atoms with Crippen LogP contribution in [0.5, 0.6) is 5.95 Å². The molecule has 0 N–H and O–H groups in total. The van der Waals surface area contributed by atoms with E-state index in [2.05, 4.69) is 10.3 Å². The van der Waals surface area contributed by atoms with Gasteiger partial charge in [0.1, 0.15) is 5.52 Å². The Kier molecular flexibility index (Phi) is 5.50. The van der Waals surface area contributed by atoms with E-state index >= 15 is 0 Å². The number of carbonyl (C=O) groups excluding carboxylic acids is 2. The summed E-state index contributed by atoms with van der Waals surface area (Å²) in [7, 11) is 1.69. The molecule has 184 valence electrons. The van der Waals surface area contributed by atoms with Gasteiger partial charge in [0, 0.05) is 17.7 Å². The van der Waals surface area contributed by atoms with Gasteiger partial charge in [-0.1, -0.05) is 30.3 Å². The average Bonchev–Trinajstić information content (AvgIpc) is 3.60. The van der Waals surface area contributed by atoms with Gasteiger partial charge in [-0.3, -0.25) is 14.5 Å². The van der Waals surface area contributed by atoms with Crippen molar-refractivity contribution in [3.05, 3.63) is 84.6 Å². The lowest BCUT2D eigenvalue weighted by atomic mass is 10.2. The molecule has 10 nitrogen and oxygen atoms in total. The normalized spacial score (nSPS) is 15.8. The maximum Gasteiger partial charge on any atom is 0.254 e. The molecule has 1 saturated heterocycles. The number of anilines is 1. The molecule has 0 spiro atoms. The molecule has 1 aliphatic heterocycles. The predicted molar refractivity (Wildman–Crippen MR) is 129 cm³/mol. The second-order valence-electron chi connectivity index (χ2n) is 8.79. The molecule has 0 radical (unpaired) electrons. The number of para-hydroxylation sites is 3. The number of carbonyl (C=O) groups is 2. The van der Waals surface area contributed by atoms with Crippen molar-refractivity contribution in [1.29, 1.82) is 0 Å². The van der Waals surface area contributed by atoms with Crippen LogP contribution in [-0.2, 0) is 16.1 Å². The van der Waals surface area contributed by atoms with Crippen LogP contribution >= 0.6 is 0 Å². The number of hydrogen-bond donors (Lipinski definition) is 0. The SMILES string of the molecule is CN(Cc1c([O-])on[n+]1-c1ccccc1)C1CC(=O)N(c2ccc(-c3nc4ccccc4o3)cc2)C1=O. The smallest absolute Gasteiger partial charge is 0.254 e. The van der Waals surface area contributed by atoms with E-state index in [1.807, 2.05) is 42.5 Å². The van der Waals surface area contributed by atoms with Crippen LogP contribution in [0, 0.1) is 0 Å². The minimum atomic E-state index is -0.734. The summed E-state index contributed by atoms with van der Waals surface area (Å²) >= 11 is 0. The number of nitrogens with zero attached hydrogens (tertiary/aromatic N) is 5. The van der Waals surface area contributed by atoms with Crippen LogP contribution in [0.4, 0.5) is 5.69 Å². The van der Waals surface area contributed by atoms with E-state index in [4.69, 9.17) is 8.94 Å². The van der Waals surface area contributed by atoms with Gasteiger partial charge in [0.2, 0.25) is 17.5 Å². The minimum absolute atomic E-state index is 0.00692. The first-order valence-electron chi connectivity index (χ1n) is 11.7. The van der Waals surface area contributed by atoms with Crippen LogP contribution in [0.2, 0.25) is 0 Å². The molecule has 2 aromatic heterocycles. The van der Waals surface area contributed by atoms with Crippen molar-refractivity contribution in [1.82, 2.24) is 15.2 Å². The number of aromatic nitrogens is 3. The summed E-state index contributed by atoms with van der Waals surface area (Å²) in [5, 5.41) is 16.2. The molecule has 0 bridgehead atoms. The Balaban J connectivity index is 1.21. The molecule has 5 aromatic rings. The number of rotatable bonds is 6. The summed E-state index contributed by atoms with van der Waals surface area (Å²) < 4.78 is 12.1. The lowest BCUT2D eigenvalue weighted by molar-refractivity contribution is -0.678. The summed E-state index contributed by atoms with van der Waals surface area (Å²) in [5.41, 5.74) is 3.54. The maximum atomic E-state index is 13.3. The van der Waals surface area contributed by atoms with Crippen molar-refractivity contribution < 1.29 is 28.3 Å². The molecule has 10 heteroatoms. The Morgan fingerprint density at radius 1 is 1.03 bits per heavy atom. The summed E-state index contributed by atoms with van der Waals surface area (Å²) in [6.07, 6.45) is -0.00692. The molecule has 3 heterocycles. The number of benzene rings is 3. The van der Waals surface area contributed by atoms with Crippen molar-refractivity contribution in [3.8, 4) is 23.1 Å². The van der Waals surface area contributed by atoms with Gasteiger partial charge >= 0.3 is 0 Å². The van der Waals surface area contributed by atoms with Gasteiger partial charge in [-0.2, -0.15) is 0 Å². The monoisotopic (exact) mass is 495 g/mol. The zero-order valence-corrected chi connectivity index (χ0v) is 19.8. The molecule has 1 unspecified atom stereocenters. The Bertz CT molecular complexity index is 1580. The van der Waals surface area contributed by atoms with Crippen molar-refractivity contribution in [2.24, 2.45) is 0 Å². The molecular weight excluding hydrogens is 474 g/mol. The second kappa shape index (κ2) is 8.99. The van der Waals surface area contributed by atoms with Gasteiger partial charge in [0.15, 0.2) is 11.5 Å². The van der Waals surface area contributed by atoms with E-state index in [-0.39, 0.29) is 30.5 Å². The fourth-order valence-corrected chi connectivity index (χ4v) is 4.50. The predicted octanol–water partition coefficient (Wildman–Crippen LogP) is 2.60.